The molecule has 0 aromatic carbocycles. The second kappa shape index (κ2) is 12.3. The molecule has 2 heterocycles. The van der Waals surface area contributed by atoms with Crippen LogP contribution in [0.4, 0.5) is 16.0 Å². The highest BCUT2D eigenvalue weighted by atomic mass is 19.1. The average Bonchev–Trinajstić information content (AvgIpc) is 3.36. The number of aromatic nitrogens is 2. The molecule has 1 atom stereocenters. The van der Waals surface area contributed by atoms with Crippen LogP contribution in [-0.2, 0) is 16.0 Å². The summed E-state index contributed by atoms with van der Waals surface area (Å²) in [6.07, 6.45) is 5.64. The summed E-state index contributed by atoms with van der Waals surface area (Å²) in [7, 11) is 0. The van der Waals surface area contributed by atoms with Gasteiger partial charge in [0.1, 0.15) is 5.82 Å². The predicted molar refractivity (Wildman–Crippen MR) is 127 cm³/mol. The van der Waals surface area contributed by atoms with E-state index in [0.717, 1.165) is 38.8 Å². The minimum atomic E-state index is -0.620. The molecule has 1 aromatic rings. The number of hydroxylamine groups is 2. The van der Waals surface area contributed by atoms with Crippen LogP contribution in [0.5, 0.6) is 0 Å². The zero-order chi connectivity index (χ0) is 24.7. The molecule has 0 spiro atoms. The van der Waals surface area contributed by atoms with Crippen molar-refractivity contribution in [1.29, 1.82) is 0 Å². The first-order valence-electron chi connectivity index (χ1n) is 12.3. The lowest BCUT2D eigenvalue weighted by atomic mass is 9.92. The Morgan fingerprint density at radius 1 is 1.24 bits per heavy atom. The zero-order valence-electron chi connectivity index (χ0n) is 20.5. The van der Waals surface area contributed by atoms with Gasteiger partial charge in [-0.15, -0.1) is 0 Å². The van der Waals surface area contributed by atoms with E-state index < -0.39 is 17.6 Å². The van der Waals surface area contributed by atoms with Gasteiger partial charge in [-0.3, -0.25) is 30.5 Å². The number of halogens is 1. The number of hydrogen-bond donors (Lipinski definition) is 3. The van der Waals surface area contributed by atoms with Crippen molar-refractivity contribution < 1.29 is 19.2 Å². The third-order valence-corrected chi connectivity index (χ3v) is 6.84. The van der Waals surface area contributed by atoms with Gasteiger partial charge in [0.15, 0.2) is 11.6 Å². The molecular formula is C23H38FN7O3. The predicted octanol–water partition coefficient (Wildman–Crippen LogP) is 2.20. The second-order valence-corrected chi connectivity index (χ2v) is 9.52. The molecule has 2 amide bonds. The summed E-state index contributed by atoms with van der Waals surface area (Å²) in [6.45, 7) is 9.01. The molecule has 2 fully saturated rings. The third kappa shape index (κ3) is 6.75. The molecule has 1 saturated heterocycles. The van der Waals surface area contributed by atoms with Crippen molar-refractivity contribution in [3.63, 3.8) is 0 Å². The quantitative estimate of drug-likeness (QED) is 0.251. The number of amides is 2. The standard InChI is InChI=1S/C23H38FN7O3/c1-4-19-25-21(20(24)22(26-19)30-11-9-29(10-12-30)16(2)3)27-28-23(33)18(14-31(34)15-32)13-17-7-5-6-8-17/h15-18,34H,4-14H2,1-3H3,(H,28,33)(H,25,26,27)/t18-/m0/s1. The van der Waals surface area contributed by atoms with Crippen LogP contribution in [0.1, 0.15) is 58.7 Å². The van der Waals surface area contributed by atoms with Crippen LogP contribution in [0.15, 0.2) is 0 Å². The van der Waals surface area contributed by atoms with Crippen molar-refractivity contribution >= 4 is 24.0 Å². The largest absolute Gasteiger partial charge is 0.351 e. The molecule has 1 saturated carbocycles. The maximum atomic E-state index is 15.4. The van der Waals surface area contributed by atoms with Crippen molar-refractivity contribution in [2.45, 2.75) is 65.3 Å². The zero-order valence-corrected chi connectivity index (χ0v) is 20.5. The van der Waals surface area contributed by atoms with Gasteiger partial charge in [-0.25, -0.2) is 15.0 Å². The Bertz CT molecular complexity index is 827. The van der Waals surface area contributed by atoms with Gasteiger partial charge in [0.05, 0.1) is 12.5 Å². The molecule has 11 heteroatoms. The molecule has 10 nitrogen and oxygen atoms in total. The van der Waals surface area contributed by atoms with E-state index in [2.05, 4.69) is 39.6 Å². The first kappa shape index (κ1) is 26.1. The molecule has 2 aliphatic rings. The van der Waals surface area contributed by atoms with Gasteiger partial charge >= 0.3 is 0 Å². The number of hydrazine groups is 1. The van der Waals surface area contributed by atoms with Crippen LogP contribution in [0, 0.1) is 17.7 Å². The summed E-state index contributed by atoms with van der Waals surface area (Å²) in [5.41, 5.74) is 5.19. The van der Waals surface area contributed by atoms with Crippen LogP contribution >= 0.6 is 0 Å². The molecule has 1 aromatic heterocycles. The fraction of sp³-hybridized carbons (Fsp3) is 0.739. The fourth-order valence-corrected chi connectivity index (χ4v) is 4.79. The molecule has 0 radical (unpaired) electrons. The Morgan fingerprint density at radius 2 is 1.91 bits per heavy atom. The van der Waals surface area contributed by atoms with Crippen LogP contribution < -0.4 is 15.8 Å². The first-order chi connectivity index (χ1) is 16.3. The Kier molecular flexibility index (Phi) is 9.40. The van der Waals surface area contributed by atoms with Gasteiger partial charge in [-0.2, -0.15) is 4.39 Å². The summed E-state index contributed by atoms with van der Waals surface area (Å²) in [5.74, 6) is -0.659. The minimum Gasteiger partial charge on any atom is -0.351 e. The monoisotopic (exact) mass is 479 g/mol. The van der Waals surface area contributed by atoms with E-state index >= 15 is 4.39 Å². The molecule has 0 bridgehead atoms. The van der Waals surface area contributed by atoms with Gasteiger partial charge in [0, 0.05) is 38.6 Å². The molecule has 3 rings (SSSR count). The summed E-state index contributed by atoms with van der Waals surface area (Å²) >= 11 is 0. The van der Waals surface area contributed by atoms with Gasteiger partial charge in [-0.1, -0.05) is 32.6 Å². The number of carbonyl (C=O) groups excluding carboxylic acids is 2. The number of nitrogens with zero attached hydrogens (tertiary/aromatic N) is 5. The Morgan fingerprint density at radius 3 is 2.50 bits per heavy atom. The molecule has 1 aliphatic heterocycles. The maximum Gasteiger partial charge on any atom is 0.243 e. The molecule has 190 valence electrons. The van der Waals surface area contributed by atoms with Gasteiger partial charge < -0.3 is 4.90 Å². The van der Waals surface area contributed by atoms with Crippen LogP contribution in [0.25, 0.3) is 0 Å². The SMILES string of the molecule is CCc1nc(NNC(=O)[C@@H](CC2CCCC2)CN(O)C=O)c(F)c(N2CCN(C(C)C)CC2)n1. The minimum absolute atomic E-state index is 0.0858. The highest BCUT2D eigenvalue weighted by Gasteiger charge is 2.28. The van der Waals surface area contributed by atoms with Gasteiger partial charge in [-0.05, 0) is 26.2 Å². The summed E-state index contributed by atoms with van der Waals surface area (Å²) in [4.78, 5) is 36.7. The molecule has 34 heavy (non-hydrogen) atoms. The Hall–Kier alpha value is -2.53. The lowest BCUT2D eigenvalue weighted by Crippen LogP contribution is -2.49. The molecule has 0 unspecified atom stereocenters. The van der Waals surface area contributed by atoms with E-state index in [0.29, 0.717) is 48.8 Å². The summed E-state index contributed by atoms with van der Waals surface area (Å²) < 4.78 is 15.4. The van der Waals surface area contributed by atoms with Crippen molar-refractivity contribution in [1.82, 2.24) is 25.4 Å². The van der Waals surface area contributed by atoms with E-state index in [9.17, 15) is 14.8 Å². The average molecular weight is 480 g/mol. The molecule has 3 N–H and O–H groups in total. The number of nitrogens with one attached hydrogen (secondary N) is 2. The second-order valence-electron chi connectivity index (χ2n) is 9.52. The summed E-state index contributed by atoms with van der Waals surface area (Å²) in [6, 6.07) is 0.433. The van der Waals surface area contributed by atoms with E-state index in [1.807, 2.05) is 11.8 Å². The van der Waals surface area contributed by atoms with Crippen LogP contribution in [0.2, 0.25) is 0 Å². The van der Waals surface area contributed by atoms with Gasteiger partial charge in [0.2, 0.25) is 18.1 Å². The lowest BCUT2D eigenvalue weighted by Gasteiger charge is -2.37. The highest BCUT2D eigenvalue weighted by Crippen LogP contribution is 2.31. The number of anilines is 2. The lowest BCUT2D eigenvalue weighted by molar-refractivity contribution is -0.154. The number of rotatable bonds is 11. The van der Waals surface area contributed by atoms with E-state index in [-0.39, 0.29) is 24.6 Å². The first-order valence-corrected chi connectivity index (χ1v) is 12.3. The highest BCUT2D eigenvalue weighted by molar-refractivity contribution is 5.80. The maximum absolute atomic E-state index is 15.4. The number of hydrogen-bond acceptors (Lipinski definition) is 8. The summed E-state index contributed by atoms with van der Waals surface area (Å²) in [5, 5.41) is 10.1. The smallest absolute Gasteiger partial charge is 0.243 e. The van der Waals surface area contributed by atoms with Gasteiger partial charge in [0.25, 0.3) is 0 Å². The van der Waals surface area contributed by atoms with Crippen molar-refractivity contribution in [2.24, 2.45) is 11.8 Å². The Balaban J connectivity index is 1.70. The van der Waals surface area contributed by atoms with E-state index in [1.165, 1.54) is 0 Å². The van der Waals surface area contributed by atoms with Crippen molar-refractivity contribution in [3.05, 3.63) is 11.6 Å². The van der Waals surface area contributed by atoms with Crippen molar-refractivity contribution in [2.75, 3.05) is 43.0 Å². The van der Waals surface area contributed by atoms with Crippen molar-refractivity contribution in [3.8, 4) is 0 Å². The van der Waals surface area contributed by atoms with Crippen LogP contribution in [-0.4, -0.2) is 76.2 Å². The van der Waals surface area contributed by atoms with E-state index in [4.69, 9.17) is 0 Å². The van der Waals surface area contributed by atoms with E-state index in [1.54, 1.807) is 0 Å². The number of aryl methyl sites for hydroxylation is 1. The molecule has 1 aliphatic carbocycles. The Labute approximate surface area is 200 Å². The normalized spacial score (nSPS) is 18.2. The third-order valence-electron chi connectivity index (χ3n) is 6.84. The fourth-order valence-electron chi connectivity index (χ4n) is 4.79. The molecular weight excluding hydrogens is 441 g/mol. The number of carbonyl (C=O) groups is 2. The topological polar surface area (TPSA) is 114 Å². The number of piperazine rings is 1. The van der Waals surface area contributed by atoms with Crippen LogP contribution in [0.3, 0.4) is 0 Å².